The number of nitrogens with zero attached hydrogens (tertiary/aromatic N) is 2. The van der Waals surface area contributed by atoms with Gasteiger partial charge in [-0.3, -0.25) is 4.90 Å². The standard InChI is InChI=1S/C11H20N2O3S/c1-5-9-13(8(6-17-9)10(14)15)11(16)12(4)7(2)3/h7-9H,5-6H2,1-4H3,(H,14,15). The molecule has 1 N–H and O–H groups in total. The molecule has 98 valence electrons. The van der Waals surface area contributed by atoms with Crippen LogP contribution in [0.5, 0.6) is 0 Å². The highest BCUT2D eigenvalue weighted by Gasteiger charge is 2.42. The van der Waals surface area contributed by atoms with Crippen LogP contribution in [0.25, 0.3) is 0 Å². The number of thioether (sulfide) groups is 1. The highest BCUT2D eigenvalue weighted by Crippen LogP contribution is 2.32. The first-order valence-corrected chi connectivity index (χ1v) is 6.84. The van der Waals surface area contributed by atoms with E-state index >= 15 is 0 Å². The maximum atomic E-state index is 12.2. The molecule has 17 heavy (non-hydrogen) atoms. The van der Waals surface area contributed by atoms with E-state index in [1.165, 1.54) is 4.90 Å². The van der Waals surface area contributed by atoms with E-state index in [2.05, 4.69) is 0 Å². The fraction of sp³-hybridized carbons (Fsp3) is 0.818. The van der Waals surface area contributed by atoms with Crippen molar-refractivity contribution in [1.29, 1.82) is 0 Å². The Bertz CT molecular complexity index is 309. The Morgan fingerprint density at radius 3 is 2.53 bits per heavy atom. The number of urea groups is 1. The molecule has 0 aromatic carbocycles. The third-order valence-corrected chi connectivity index (χ3v) is 4.48. The maximum absolute atomic E-state index is 12.2. The van der Waals surface area contributed by atoms with E-state index in [-0.39, 0.29) is 17.4 Å². The van der Waals surface area contributed by atoms with Gasteiger partial charge in [-0.25, -0.2) is 9.59 Å². The summed E-state index contributed by atoms with van der Waals surface area (Å²) in [4.78, 5) is 26.5. The van der Waals surface area contributed by atoms with Gasteiger partial charge in [-0.05, 0) is 20.3 Å². The second kappa shape index (κ2) is 5.62. The van der Waals surface area contributed by atoms with Crippen LogP contribution in [0.3, 0.4) is 0 Å². The van der Waals surface area contributed by atoms with Crippen molar-refractivity contribution in [2.75, 3.05) is 12.8 Å². The average Bonchev–Trinajstić information content (AvgIpc) is 2.70. The van der Waals surface area contributed by atoms with Crippen molar-refractivity contribution in [2.45, 2.75) is 44.6 Å². The minimum absolute atomic E-state index is 0.0233. The summed E-state index contributed by atoms with van der Waals surface area (Å²) in [6, 6.07) is -0.817. The van der Waals surface area contributed by atoms with E-state index in [1.807, 2.05) is 20.8 Å². The lowest BCUT2D eigenvalue weighted by molar-refractivity contribution is -0.141. The minimum Gasteiger partial charge on any atom is -0.480 e. The number of carboxylic acid groups (broad SMARTS) is 1. The molecule has 1 rings (SSSR count). The van der Waals surface area contributed by atoms with Gasteiger partial charge in [0.05, 0.1) is 5.37 Å². The zero-order valence-electron chi connectivity index (χ0n) is 10.7. The Labute approximate surface area is 106 Å². The molecule has 1 aliphatic rings. The number of carbonyl (C=O) groups is 2. The smallest absolute Gasteiger partial charge is 0.327 e. The Balaban J connectivity index is 2.88. The quantitative estimate of drug-likeness (QED) is 0.838. The van der Waals surface area contributed by atoms with Crippen LogP contribution in [-0.4, -0.2) is 57.2 Å². The van der Waals surface area contributed by atoms with Crippen molar-refractivity contribution in [3.8, 4) is 0 Å². The van der Waals surface area contributed by atoms with Gasteiger partial charge < -0.3 is 10.0 Å². The molecule has 1 saturated heterocycles. The van der Waals surface area contributed by atoms with Gasteiger partial charge in [0.25, 0.3) is 0 Å². The van der Waals surface area contributed by atoms with Crippen LogP contribution in [-0.2, 0) is 4.79 Å². The molecule has 0 spiro atoms. The third-order valence-electron chi connectivity index (χ3n) is 3.02. The number of hydrogen-bond acceptors (Lipinski definition) is 3. The molecular weight excluding hydrogens is 240 g/mol. The summed E-state index contributed by atoms with van der Waals surface area (Å²) in [7, 11) is 1.71. The third kappa shape index (κ3) is 2.86. The number of carbonyl (C=O) groups excluding carboxylic acids is 1. The second-order valence-electron chi connectivity index (χ2n) is 4.44. The summed E-state index contributed by atoms with van der Waals surface area (Å²) in [5.74, 6) is -0.440. The highest BCUT2D eigenvalue weighted by atomic mass is 32.2. The van der Waals surface area contributed by atoms with Gasteiger partial charge in [0.2, 0.25) is 0 Å². The number of rotatable bonds is 3. The first kappa shape index (κ1) is 14.2. The van der Waals surface area contributed by atoms with Gasteiger partial charge in [0, 0.05) is 18.8 Å². The van der Waals surface area contributed by atoms with Crippen LogP contribution < -0.4 is 0 Å². The average molecular weight is 260 g/mol. The fourth-order valence-electron chi connectivity index (χ4n) is 1.73. The lowest BCUT2D eigenvalue weighted by Gasteiger charge is -2.33. The zero-order chi connectivity index (χ0) is 13.2. The van der Waals surface area contributed by atoms with Crippen LogP contribution in [0.1, 0.15) is 27.2 Å². The lowest BCUT2D eigenvalue weighted by Crippen LogP contribution is -2.52. The Morgan fingerprint density at radius 1 is 1.53 bits per heavy atom. The molecule has 0 bridgehead atoms. The topological polar surface area (TPSA) is 60.9 Å². The zero-order valence-corrected chi connectivity index (χ0v) is 11.5. The molecule has 0 aromatic rings. The number of aliphatic carboxylic acids is 1. The second-order valence-corrected chi connectivity index (χ2v) is 5.66. The van der Waals surface area contributed by atoms with Gasteiger partial charge >= 0.3 is 12.0 Å². The molecule has 0 saturated carbocycles. The predicted octanol–water partition coefficient (Wildman–Crippen LogP) is 1.68. The molecule has 1 heterocycles. The predicted molar refractivity (Wildman–Crippen MR) is 68.1 cm³/mol. The van der Waals surface area contributed by atoms with E-state index < -0.39 is 12.0 Å². The van der Waals surface area contributed by atoms with Crippen LogP contribution in [0.15, 0.2) is 0 Å². The van der Waals surface area contributed by atoms with Crippen LogP contribution in [0.4, 0.5) is 4.79 Å². The van der Waals surface area contributed by atoms with Gasteiger partial charge in [-0.2, -0.15) is 0 Å². The number of carboxylic acids is 1. The first-order chi connectivity index (χ1) is 7.90. The molecule has 1 fully saturated rings. The monoisotopic (exact) mass is 260 g/mol. The minimum atomic E-state index is -0.918. The first-order valence-electron chi connectivity index (χ1n) is 5.79. The largest absolute Gasteiger partial charge is 0.480 e. The lowest BCUT2D eigenvalue weighted by atomic mass is 10.2. The normalized spacial score (nSPS) is 24.2. The number of hydrogen-bond donors (Lipinski definition) is 1. The van der Waals surface area contributed by atoms with E-state index in [0.717, 1.165) is 6.42 Å². The summed E-state index contributed by atoms with van der Waals surface area (Å²) >= 11 is 1.54. The maximum Gasteiger partial charge on any atom is 0.327 e. The fourth-order valence-corrected chi connectivity index (χ4v) is 3.07. The molecule has 2 atom stereocenters. The van der Waals surface area contributed by atoms with Crippen molar-refractivity contribution in [3.05, 3.63) is 0 Å². The van der Waals surface area contributed by atoms with E-state index in [4.69, 9.17) is 5.11 Å². The Hall–Kier alpha value is -0.910. The molecule has 0 aromatic heterocycles. The summed E-state index contributed by atoms with van der Waals surface area (Å²) in [6.45, 7) is 5.80. The van der Waals surface area contributed by atoms with Crippen molar-refractivity contribution in [1.82, 2.24) is 9.80 Å². The molecule has 6 heteroatoms. The Morgan fingerprint density at radius 2 is 2.12 bits per heavy atom. The molecule has 0 aliphatic carbocycles. The van der Waals surface area contributed by atoms with E-state index in [1.54, 1.807) is 23.7 Å². The summed E-state index contributed by atoms with van der Waals surface area (Å²) in [6.07, 6.45) is 0.770. The van der Waals surface area contributed by atoms with Gasteiger partial charge in [0.1, 0.15) is 6.04 Å². The van der Waals surface area contributed by atoms with E-state index in [9.17, 15) is 9.59 Å². The molecule has 0 radical (unpaired) electrons. The van der Waals surface area contributed by atoms with Crippen molar-refractivity contribution in [3.63, 3.8) is 0 Å². The summed E-state index contributed by atoms with van der Waals surface area (Å²) < 4.78 is 0. The van der Waals surface area contributed by atoms with Gasteiger partial charge in [-0.1, -0.05) is 6.92 Å². The Kier molecular flexibility index (Phi) is 4.68. The molecule has 2 unspecified atom stereocenters. The highest BCUT2D eigenvalue weighted by molar-refractivity contribution is 8.00. The molecule has 1 aliphatic heterocycles. The van der Waals surface area contributed by atoms with Crippen molar-refractivity contribution < 1.29 is 14.7 Å². The summed E-state index contributed by atoms with van der Waals surface area (Å²) in [5.41, 5.74) is 0. The molecule has 2 amide bonds. The van der Waals surface area contributed by atoms with Crippen molar-refractivity contribution in [2.24, 2.45) is 0 Å². The van der Waals surface area contributed by atoms with Gasteiger partial charge in [0.15, 0.2) is 0 Å². The van der Waals surface area contributed by atoms with Crippen molar-refractivity contribution >= 4 is 23.8 Å². The number of amides is 2. The van der Waals surface area contributed by atoms with Crippen LogP contribution in [0.2, 0.25) is 0 Å². The summed E-state index contributed by atoms with van der Waals surface area (Å²) in [5, 5.41) is 9.12. The molecule has 5 nitrogen and oxygen atoms in total. The van der Waals surface area contributed by atoms with E-state index in [0.29, 0.717) is 5.75 Å². The van der Waals surface area contributed by atoms with Crippen LogP contribution in [0, 0.1) is 0 Å². The van der Waals surface area contributed by atoms with Gasteiger partial charge in [-0.15, -0.1) is 11.8 Å². The SMILES string of the molecule is CCC1SCC(C(=O)O)N1C(=O)N(C)C(C)C. The van der Waals surface area contributed by atoms with Crippen LogP contribution >= 0.6 is 11.8 Å². The molecular formula is C11H20N2O3S.